The van der Waals surface area contributed by atoms with Gasteiger partial charge in [0, 0.05) is 24.7 Å². The molecule has 0 bridgehead atoms. The Kier molecular flexibility index (Phi) is 6.72. The molecule has 1 saturated carbocycles. The maximum absolute atomic E-state index is 13.0. The quantitative estimate of drug-likeness (QED) is 0.529. The topological polar surface area (TPSA) is 102 Å². The number of carbonyl (C=O) groups is 2. The molecule has 0 amide bonds. The van der Waals surface area contributed by atoms with E-state index in [1.54, 1.807) is 44.4 Å². The lowest BCUT2D eigenvalue weighted by atomic mass is 9.67. The summed E-state index contributed by atoms with van der Waals surface area (Å²) in [4.78, 5) is 24.9. The standard InChI is InChI=1S/C25H34O7/c1-14(2)25(29)13-21(31-16(4)26)24(5)12-19(27)15(3)11-20(22(24)25)32-23(28)17-7-9-18(30-6)10-8-17/h7-11,14,19-22,27,29H,12-13H2,1-6H3/t19-,20-,21+,22-,24-,25-/m0/s1. The van der Waals surface area contributed by atoms with Crippen molar-refractivity contribution in [2.24, 2.45) is 17.3 Å². The summed E-state index contributed by atoms with van der Waals surface area (Å²) in [6.45, 7) is 8.81. The number of fused-ring (bicyclic) bond motifs is 1. The van der Waals surface area contributed by atoms with Crippen LogP contribution in [0.25, 0.3) is 0 Å². The van der Waals surface area contributed by atoms with E-state index in [9.17, 15) is 19.8 Å². The van der Waals surface area contributed by atoms with Crippen LogP contribution in [-0.2, 0) is 14.3 Å². The molecule has 0 radical (unpaired) electrons. The molecule has 2 aliphatic carbocycles. The van der Waals surface area contributed by atoms with E-state index < -0.39 is 47.2 Å². The Morgan fingerprint density at radius 2 is 1.75 bits per heavy atom. The first kappa shape index (κ1) is 24.3. The molecule has 0 unspecified atom stereocenters. The molecule has 176 valence electrons. The van der Waals surface area contributed by atoms with Crippen LogP contribution in [0, 0.1) is 17.3 Å². The number of hydrogen-bond donors (Lipinski definition) is 2. The van der Waals surface area contributed by atoms with Gasteiger partial charge in [0.25, 0.3) is 0 Å². The average molecular weight is 447 g/mol. The van der Waals surface area contributed by atoms with E-state index in [1.807, 2.05) is 20.8 Å². The first-order chi connectivity index (χ1) is 14.9. The molecule has 3 rings (SSSR count). The molecule has 0 heterocycles. The number of carbonyl (C=O) groups excluding carboxylic acids is 2. The molecule has 6 atom stereocenters. The Hall–Kier alpha value is -2.38. The van der Waals surface area contributed by atoms with E-state index in [2.05, 4.69) is 0 Å². The third-order valence-corrected chi connectivity index (χ3v) is 7.29. The number of ether oxygens (including phenoxy) is 3. The van der Waals surface area contributed by atoms with Gasteiger partial charge in [-0.25, -0.2) is 4.79 Å². The van der Waals surface area contributed by atoms with Crippen molar-refractivity contribution in [2.75, 3.05) is 7.11 Å². The highest BCUT2D eigenvalue weighted by atomic mass is 16.6. The van der Waals surface area contributed by atoms with Crippen LogP contribution in [0.2, 0.25) is 0 Å². The van der Waals surface area contributed by atoms with Crippen LogP contribution in [0.1, 0.15) is 57.8 Å². The second kappa shape index (κ2) is 8.87. The average Bonchev–Trinajstić information content (AvgIpc) is 2.87. The summed E-state index contributed by atoms with van der Waals surface area (Å²) in [7, 11) is 1.55. The van der Waals surface area contributed by atoms with Gasteiger partial charge in [-0.05, 0) is 55.2 Å². The highest BCUT2D eigenvalue weighted by Crippen LogP contribution is 2.59. The highest BCUT2D eigenvalue weighted by Gasteiger charge is 2.65. The predicted molar refractivity (Wildman–Crippen MR) is 118 cm³/mol. The fraction of sp³-hybridized carbons (Fsp3) is 0.600. The van der Waals surface area contributed by atoms with Crippen molar-refractivity contribution in [1.29, 1.82) is 0 Å². The molecule has 0 saturated heterocycles. The second-order valence-corrected chi connectivity index (χ2v) is 9.66. The van der Waals surface area contributed by atoms with Crippen molar-refractivity contribution in [1.82, 2.24) is 0 Å². The van der Waals surface area contributed by atoms with Crippen LogP contribution in [0.15, 0.2) is 35.9 Å². The first-order valence-corrected chi connectivity index (χ1v) is 11.0. The Balaban J connectivity index is 2.04. The molecule has 1 fully saturated rings. The summed E-state index contributed by atoms with van der Waals surface area (Å²) < 4.78 is 16.7. The normalized spacial score (nSPS) is 34.3. The van der Waals surface area contributed by atoms with E-state index in [1.165, 1.54) is 6.92 Å². The first-order valence-electron chi connectivity index (χ1n) is 11.0. The summed E-state index contributed by atoms with van der Waals surface area (Å²) in [6, 6.07) is 6.59. The number of methoxy groups -OCH3 is 1. The van der Waals surface area contributed by atoms with Gasteiger partial charge in [0.15, 0.2) is 0 Å². The largest absolute Gasteiger partial charge is 0.497 e. The number of rotatable bonds is 5. The van der Waals surface area contributed by atoms with E-state index in [4.69, 9.17) is 14.2 Å². The lowest BCUT2D eigenvalue weighted by Crippen LogP contribution is -2.50. The van der Waals surface area contributed by atoms with Crippen LogP contribution in [0.4, 0.5) is 0 Å². The van der Waals surface area contributed by atoms with Crippen molar-refractivity contribution >= 4 is 11.9 Å². The SMILES string of the molecule is COc1ccc(C(=O)O[C@H]2C=C(C)[C@@H](O)C[C@@]3(C)[C@H](OC(C)=O)C[C@](O)(C(C)C)[C@@H]23)cc1. The van der Waals surface area contributed by atoms with Gasteiger partial charge in [-0.1, -0.05) is 20.8 Å². The summed E-state index contributed by atoms with van der Waals surface area (Å²) in [5, 5.41) is 22.6. The molecule has 0 spiro atoms. The third-order valence-electron chi connectivity index (χ3n) is 7.29. The van der Waals surface area contributed by atoms with Gasteiger partial charge in [-0.2, -0.15) is 0 Å². The highest BCUT2D eigenvalue weighted by molar-refractivity contribution is 5.89. The van der Waals surface area contributed by atoms with E-state index >= 15 is 0 Å². The maximum atomic E-state index is 13.0. The van der Waals surface area contributed by atoms with Gasteiger partial charge in [0.05, 0.1) is 24.4 Å². The van der Waals surface area contributed by atoms with Crippen LogP contribution in [-0.4, -0.2) is 53.2 Å². The zero-order valence-corrected chi connectivity index (χ0v) is 19.6. The van der Waals surface area contributed by atoms with Crippen LogP contribution < -0.4 is 4.74 Å². The minimum Gasteiger partial charge on any atom is -0.497 e. The maximum Gasteiger partial charge on any atom is 0.338 e. The number of benzene rings is 1. The van der Waals surface area contributed by atoms with Gasteiger partial charge < -0.3 is 24.4 Å². The lowest BCUT2D eigenvalue weighted by molar-refractivity contribution is -0.154. The molecule has 7 nitrogen and oxygen atoms in total. The van der Waals surface area contributed by atoms with E-state index in [-0.39, 0.29) is 18.8 Å². The molecule has 0 aromatic heterocycles. The second-order valence-electron chi connectivity index (χ2n) is 9.66. The summed E-state index contributed by atoms with van der Waals surface area (Å²) >= 11 is 0. The fourth-order valence-electron chi connectivity index (χ4n) is 5.38. The lowest BCUT2D eigenvalue weighted by Gasteiger charge is -2.43. The van der Waals surface area contributed by atoms with E-state index in [0.717, 1.165) is 0 Å². The third kappa shape index (κ3) is 4.28. The van der Waals surface area contributed by atoms with Crippen molar-refractivity contribution in [2.45, 2.75) is 71.4 Å². The van der Waals surface area contributed by atoms with Crippen LogP contribution in [0.5, 0.6) is 5.75 Å². The zero-order chi connectivity index (χ0) is 23.8. The Labute approximate surface area is 189 Å². The van der Waals surface area contributed by atoms with Crippen LogP contribution >= 0.6 is 0 Å². The molecule has 7 heteroatoms. The Morgan fingerprint density at radius 1 is 1.12 bits per heavy atom. The monoisotopic (exact) mass is 446 g/mol. The van der Waals surface area contributed by atoms with Crippen molar-refractivity contribution in [3.05, 3.63) is 41.5 Å². The minimum atomic E-state index is -1.26. The van der Waals surface area contributed by atoms with Crippen molar-refractivity contribution < 1.29 is 34.0 Å². The van der Waals surface area contributed by atoms with Gasteiger partial charge in [0.1, 0.15) is 18.0 Å². The number of aliphatic hydroxyl groups is 2. The summed E-state index contributed by atoms with van der Waals surface area (Å²) in [5.41, 5.74) is -1.06. The van der Waals surface area contributed by atoms with Gasteiger partial charge in [-0.15, -0.1) is 0 Å². The number of esters is 2. The summed E-state index contributed by atoms with van der Waals surface area (Å²) in [5.74, 6) is -1.13. The Morgan fingerprint density at radius 3 is 2.28 bits per heavy atom. The molecular formula is C25H34O7. The van der Waals surface area contributed by atoms with Crippen molar-refractivity contribution in [3.63, 3.8) is 0 Å². The van der Waals surface area contributed by atoms with Gasteiger partial charge >= 0.3 is 11.9 Å². The number of aliphatic hydroxyl groups excluding tert-OH is 1. The minimum absolute atomic E-state index is 0.196. The predicted octanol–water partition coefficient (Wildman–Crippen LogP) is 3.28. The summed E-state index contributed by atoms with van der Waals surface area (Å²) in [6.07, 6.45) is -0.00977. The van der Waals surface area contributed by atoms with Crippen LogP contribution in [0.3, 0.4) is 0 Å². The molecule has 1 aromatic rings. The molecule has 32 heavy (non-hydrogen) atoms. The van der Waals surface area contributed by atoms with Gasteiger partial charge in [-0.3, -0.25) is 4.79 Å². The smallest absolute Gasteiger partial charge is 0.338 e. The van der Waals surface area contributed by atoms with Crippen molar-refractivity contribution in [3.8, 4) is 5.75 Å². The van der Waals surface area contributed by atoms with E-state index in [0.29, 0.717) is 16.9 Å². The molecule has 2 N–H and O–H groups in total. The van der Waals surface area contributed by atoms with Gasteiger partial charge in [0.2, 0.25) is 0 Å². The fourth-order valence-corrected chi connectivity index (χ4v) is 5.38. The Bertz CT molecular complexity index is 890. The molecule has 2 aliphatic rings. The molecule has 0 aliphatic heterocycles. The zero-order valence-electron chi connectivity index (χ0n) is 19.6. The molecular weight excluding hydrogens is 412 g/mol. The molecule has 1 aromatic carbocycles. The number of hydrogen-bond acceptors (Lipinski definition) is 7.